The Balaban J connectivity index is 0.00000205. The van der Waals surface area contributed by atoms with E-state index in [1.54, 1.807) is 0 Å². The van der Waals surface area contributed by atoms with E-state index in [0.29, 0.717) is 30.3 Å². The van der Waals surface area contributed by atoms with Gasteiger partial charge in [0.2, 0.25) is 0 Å². The van der Waals surface area contributed by atoms with Gasteiger partial charge in [0.15, 0.2) is 23.7 Å². The van der Waals surface area contributed by atoms with Gasteiger partial charge in [-0.1, -0.05) is 13.3 Å². The van der Waals surface area contributed by atoms with Gasteiger partial charge in [-0.3, -0.25) is 0 Å². The minimum atomic E-state index is -4.57. The van der Waals surface area contributed by atoms with Crippen molar-refractivity contribution in [2.75, 3.05) is 13.2 Å². The lowest BCUT2D eigenvalue weighted by Gasteiger charge is -2.30. The van der Waals surface area contributed by atoms with Crippen LogP contribution in [-0.2, 0) is 20.4 Å². The van der Waals surface area contributed by atoms with E-state index >= 15 is 0 Å². The summed E-state index contributed by atoms with van der Waals surface area (Å²) < 4.78 is 129. The minimum Gasteiger partial charge on any atom is -0.429 e. The molecule has 1 fully saturated rings. The van der Waals surface area contributed by atoms with Crippen molar-refractivity contribution in [1.82, 2.24) is 0 Å². The predicted molar refractivity (Wildman–Crippen MR) is 123 cm³/mol. The van der Waals surface area contributed by atoms with Crippen LogP contribution in [0, 0.1) is 40.8 Å². The van der Waals surface area contributed by atoms with E-state index in [9.17, 15) is 35.1 Å². The molecule has 0 saturated carbocycles. The fourth-order valence-electron chi connectivity index (χ4n) is 4.02. The van der Waals surface area contributed by atoms with Crippen LogP contribution in [0.3, 0.4) is 0 Å². The lowest BCUT2D eigenvalue weighted by Crippen LogP contribution is -2.28. The third-order valence-corrected chi connectivity index (χ3v) is 5.77. The highest BCUT2D eigenvalue weighted by Gasteiger charge is 2.42. The second-order valence-corrected chi connectivity index (χ2v) is 8.53. The summed E-state index contributed by atoms with van der Waals surface area (Å²) in [5, 5.41) is 0. The molecular weight excluding hydrogens is 540 g/mol. The Hall–Kier alpha value is -3.51. The van der Waals surface area contributed by atoms with Gasteiger partial charge in [-0.15, -0.1) is 0 Å². The van der Waals surface area contributed by atoms with Gasteiger partial charge in [-0.05, 0) is 48.4 Å². The predicted octanol–water partition coefficient (Wildman–Crippen LogP) is 7.59. The number of alkyl halides is 2. The third-order valence-electron chi connectivity index (χ3n) is 5.77. The summed E-state index contributed by atoms with van der Waals surface area (Å²) in [6, 6.07) is 4.38. The molecular formula is C27H22F8O4. The lowest BCUT2D eigenvalue weighted by atomic mass is 10.0. The summed E-state index contributed by atoms with van der Waals surface area (Å²) in [5.41, 5.74) is -2.72. The first-order valence-corrected chi connectivity index (χ1v) is 11.5. The van der Waals surface area contributed by atoms with Crippen LogP contribution in [0.15, 0.2) is 42.5 Å². The van der Waals surface area contributed by atoms with Gasteiger partial charge in [0.1, 0.15) is 35.6 Å². The summed E-state index contributed by atoms with van der Waals surface area (Å²) in [5.74, 6) is -10.2. The molecule has 0 radical (unpaired) electrons. The van der Waals surface area contributed by atoms with Crippen molar-refractivity contribution >= 4 is 6.79 Å². The van der Waals surface area contributed by atoms with Gasteiger partial charge in [0.05, 0.1) is 13.2 Å². The number of carbonyl (C=O) groups is 1. The highest BCUT2D eigenvalue weighted by atomic mass is 19.3. The molecule has 3 aromatic rings. The van der Waals surface area contributed by atoms with Crippen molar-refractivity contribution in [2.45, 2.75) is 32.2 Å². The maximum atomic E-state index is 14.8. The molecule has 0 atom stereocenters. The summed E-state index contributed by atoms with van der Waals surface area (Å²) in [7, 11) is 0. The molecule has 210 valence electrons. The smallest absolute Gasteiger partial charge is 0.429 e. The van der Waals surface area contributed by atoms with Crippen LogP contribution in [0.4, 0.5) is 35.1 Å². The number of halogens is 8. The Bertz CT molecular complexity index is 1260. The van der Waals surface area contributed by atoms with Gasteiger partial charge in [0, 0.05) is 23.1 Å². The molecule has 0 aliphatic carbocycles. The summed E-state index contributed by atoms with van der Waals surface area (Å²) in [6.45, 7) is 4.54. The molecule has 0 unspecified atom stereocenters. The Morgan fingerprint density at radius 1 is 0.846 bits per heavy atom. The molecule has 0 spiro atoms. The molecule has 1 aliphatic rings. The van der Waals surface area contributed by atoms with E-state index in [1.807, 2.05) is 13.7 Å². The van der Waals surface area contributed by atoms with Gasteiger partial charge in [-0.25, -0.2) is 26.3 Å². The van der Waals surface area contributed by atoms with Crippen LogP contribution in [-0.4, -0.2) is 20.0 Å². The quantitative estimate of drug-likeness (QED) is 0.220. The topological polar surface area (TPSA) is 44.8 Å². The van der Waals surface area contributed by atoms with Crippen molar-refractivity contribution in [3.8, 4) is 16.9 Å². The van der Waals surface area contributed by atoms with Gasteiger partial charge >= 0.3 is 6.11 Å². The van der Waals surface area contributed by atoms with Gasteiger partial charge in [0.25, 0.3) is 0 Å². The molecule has 0 N–H and O–H groups in total. The molecule has 3 aromatic carbocycles. The van der Waals surface area contributed by atoms with Crippen LogP contribution in [0.2, 0.25) is 0 Å². The van der Waals surface area contributed by atoms with Crippen LogP contribution in [0.5, 0.6) is 5.75 Å². The Morgan fingerprint density at radius 3 is 1.92 bits per heavy atom. The summed E-state index contributed by atoms with van der Waals surface area (Å²) in [6.07, 6.45) is -3.99. The SMILES string of the molecule is C=O.CCCC1COC(c2cc(F)c(C(F)(F)Oc3ccc(-c4cc(F)c(F)c(F)c4)c(F)c3)c(F)c2)OC1. The maximum absolute atomic E-state index is 14.8. The van der Waals surface area contributed by atoms with Gasteiger partial charge < -0.3 is 19.0 Å². The normalized spacial score (nSPS) is 17.4. The highest BCUT2D eigenvalue weighted by molar-refractivity contribution is 5.65. The third kappa shape index (κ3) is 6.74. The molecule has 39 heavy (non-hydrogen) atoms. The van der Waals surface area contributed by atoms with Crippen LogP contribution < -0.4 is 4.74 Å². The molecule has 1 aliphatic heterocycles. The molecule has 12 heteroatoms. The number of hydrogen-bond acceptors (Lipinski definition) is 4. The fourth-order valence-corrected chi connectivity index (χ4v) is 4.02. The van der Waals surface area contributed by atoms with Crippen molar-refractivity contribution in [1.29, 1.82) is 0 Å². The number of carbonyl (C=O) groups excluding carboxylic acids is 1. The van der Waals surface area contributed by atoms with Crippen molar-refractivity contribution in [2.24, 2.45) is 5.92 Å². The van der Waals surface area contributed by atoms with E-state index in [4.69, 9.17) is 14.3 Å². The first-order valence-electron chi connectivity index (χ1n) is 11.5. The second-order valence-electron chi connectivity index (χ2n) is 8.53. The first-order chi connectivity index (χ1) is 18.5. The molecule has 0 aromatic heterocycles. The largest absolute Gasteiger partial charge is 0.432 e. The van der Waals surface area contributed by atoms with Gasteiger partial charge in [-0.2, -0.15) is 8.78 Å². The molecule has 4 rings (SSSR count). The highest BCUT2D eigenvalue weighted by Crippen LogP contribution is 2.38. The molecule has 1 heterocycles. The minimum absolute atomic E-state index is 0.112. The average molecular weight is 562 g/mol. The zero-order valence-electron chi connectivity index (χ0n) is 20.4. The zero-order valence-corrected chi connectivity index (χ0v) is 20.4. The molecule has 1 saturated heterocycles. The van der Waals surface area contributed by atoms with E-state index in [1.165, 1.54) is 0 Å². The number of hydrogen-bond donors (Lipinski definition) is 0. The van der Waals surface area contributed by atoms with E-state index in [2.05, 4.69) is 4.74 Å². The second kappa shape index (κ2) is 12.6. The maximum Gasteiger partial charge on any atom is 0.432 e. The standard InChI is InChI=1S/C26H20F8O3.CH2O/c1-2-3-13-11-35-25(36-12-13)15-8-19(28)23(20(29)9-15)26(33,34)37-16-4-5-17(18(27)10-16)14-6-21(30)24(32)22(31)7-14;1-2/h4-10,13,25H,2-3,11-12H2,1H3;1H2. The number of rotatable bonds is 7. The average Bonchev–Trinajstić information content (AvgIpc) is 2.88. The zero-order chi connectivity index (χ0) is 28.9. The molecule has 0 amide bonds. The Kier molecular flexibility index (Phi) is 9.68. The van der Waals surface area contributed by atoms with E-state index in [-0.39, 0.29) is 24.7 Å². The van der Waals surface area contributed by atoms with E-state index in [0.717, 1.165) is 25.0 Å². The Labute approximate surface area is 218 Å². The van der Waals surface area contributed by atoms with Crippen LogP contribution in [0.25, 0.3) is 11.1 Å². The van der Waals surface area contributed by atoms with Crippen molar-refractivity contribution < 1.29 is 54.1 Å². The monoisotopic (exact) mass is 562 g/mol. The number of ether oxygens (including phenoxy) is 3. The summed E-state index contributed by atoms with van der Waals surface area (Å²) in [4.78, 5) is 8.00. The first kappa shape index (κ1) is 30.0. The fraction of sp³-hybridized carbons (Fsp3) is 0.296. The molecule has 4 nitrogen and oxygen atoms in total. The van der Waals surface area contributed by atoms with Crippen LogP contribution in [0.1, 0.15) is 37.2 Å². The Morgan fingerprint density at radius 2 is 1.41 bits per heavy atom. The van der Waals surface area contributed by atoms with Crippen molar-refractivity contribution in [3.63, 3.8) is 0 Å². The molecule has 0 bridgehead atoms. The number of benzene rings is 3. The van der Waals surface area contributed by atoms with Crippen LogP contribution >= 0.6 is 0 Å². The lowest BCUT2D eigenvalue weighted by molar-refractivity contribution is -0.206. The van der Waals surface area contributed by atoms with E-state index < -0.39 is 69.7 Å². The van der Waals surface area contributed by atoms with Crippen molar-refractivity contribution in [3.05, 3.63) is 88.5 Å². The summed E-state index contributed by atoms with van der Waals surface area (Å²) >= 11 is 0.